The van der Waals surface area contributed by atoms with Gasteiger partial charge in [0, 0.05) is 0 Å². The van der Waals surface area contributed by atoms with E-state index in [1.165, 1.54) is 6.21 Å². The van der Waals surface area contributed by atoms with Gasteiger partial charge in [-0.15, -0.1) is 5.10 Å². The number of hydrogen-bond donors (Lipinski definition) is 2. The van der Waals surface area contributed by atoms with E-state index in [9.17, 15) is 4.79 Å². The first kappa shape index (κ1) is 15.6. The predicted molar refractivity (Wildman–Crippen MR) is 86.0 cm³/mol. The van der Waals surface area contributed by atoms with Gasteiger partial charge in [0.05, 0.1) is 11.9 Å². The summed E-state index contributed by atoms with van der Waals surface area (Å²) >= 11 is 0. The maximum atomic E-state index is 12.4. The number of nitrogen functional groups attached to an aromatic ring is 1. The molecule has 0 saturated heterocycles. The third kappa shape index (κ3) is 2.68. The Morgan fingerprint density at radius 2 is 2.19 bits per heavy atom. The molecule has 1 amide bonds. The molecular formula is C14H12N8O4. The van der Waals surface area contributed by atoms with Crippen molar-refractivity contribution in [3.63, 3.8) is 0 Å². The maximum Gasteiger partial charge on any atom is 0.292 e. The second-order valence-electron chi connectivity index (χ2n) is 5.22. The fraction of sp³-hybridized carbons (Fsp3) is 0.143. The zero-order valence-electron chi connectivity index (χ0n) is 13.4. The van der Waals surface area contributed by atoms with E-state index in [-0.39, 0.29) is 24.1 Å². The lowest BCUT2D eigenvalue weighted by Crippen LogP contribution is -2.22. The van der Waals surface area contributed by atoms with Crippen molar-refractivity contribution in [1.82, 2.24) is 30.7 Å². The molecule has 12 nitrogen and oxygen atoms in total. The van der Waals surface area contributed by atoms with Gasteiger partial charge < -0.3 is 15.2 Å². The zero-order chi connectivity index (χ0) is 18.1. The van der Waals surface area contributed by atoms with Gasteiger partial charge in [0.15, 0.2) is 17.2 Å². The molecule has 4 rings (SSSR count). The first-order valence-corrected chi connectivity index (χ1v) is 7.37. The van der Waals surface area contributed by atoms with E-state index in [1.54, 1.807) is 25.1 Å². The minimum Gasteiger partial charge on any atom is -0.454 e. The van der Waals surface area contributed by atoms with Gasteiger partial charge in [-0.2, -0.15) is 9.78 Å². The number of ether oxygens (including phenoxy) is 2. The number of nitrogens with two attached hydrogens (primary N) is 1. The standard InChI is InChI=1S/C14H12N8O4/c1-7-11(22(21-17-7)13-12(15)19-26-20-13)14(23)18-16-5-8-2-3-9-10(4-8)25-6-24-9/h2-5H,6H2,1H3,(H2,15,19)(H,18,23)/b16-5+. The topological polar surface area (TPSA) is 156 Å². The van der Waals surface area contributed by atoms with E-state index in [2.05, 4.69) is 35.8 Å². The number of anilines is 1. The Morgan fingerprint density at radius 1 is 1.35 bits per heavy atom. The summed E-state index contributed by atoms with van der Waals surface area (Å²) < 4.78 is 16.2. The highest BCUT2D eigenvalue weighted by atomic mass is 16.7. The van der Waals surface area contributed by atoms with Gasteiger partial charge in [-0.3, -0.25) is 4.79 Å². The van der Waals surface area contributed by atoms with Gasteiger partial charge in [-0.05, 0) is 41.0 Å². The Hall–Kier alpha value is -3.96. The van der Waals surface area contributed by atoms with Crippen LogP contribution in [0.2, 0.25) is 0 Å². The van der Waals surface area contributed by atoms with Crippen molar-refractivity contribution in [3.05, 3.63) is 35.2 Å². The molecule has 3 aromatic rings. The average Bonchev–Trinajstić information content (AvgIpc) is 3.33. The van der Waals surface area contributed by atoms with Crippen LogP contribution < -0.4 is 20.6 Å². The van der Waals surface area contributed by atoms with E-state index in [0.717, 1.165) is 10.2 Å². The molecule has 26 heavy (non-hydrogen) atoms. The van der Waals surface area contributed by atoms with Crippen LogP contribution in [0.25, 0.3) is 5.82 Å². The first-order chi connectivity index (χ1) is 12.6. The van der Waals surface area contributed by atoms with E-state index >= 15 is 0 Å². The summed E-state index contributed by atoms with van der Waals surface area (Å²) in [5, 5.41) is 18.7. The van der Waals surface area contributed by atoms with Crippen molar-refractivity contribution in [2.75, 3.05) is 12.5 Å². The normalized spacial score (nSPS) is 12.7. The zero-order valence-corrected chi connectivity index (χ0v) is 13.4. The number of hydrogen-bond acceptors (Lipinski definition) is 10. The van der Waals surface area contributed by atoms with E-state index in [4.69, 9.17) is 15.2 Å². The summed E-state index contributed by atoms with van der Waals surface area (Å²) in [6, 6.07) is 5.29. The van der Waals surface area contributed by atoms with Gasteiger partial charge in [0.2, 0.25) is 18.4 Å². The fourth-order valence-electron chi connectivity index (χ4n) is 2.32. The van der Waals surface area contributed by atoms with Gasteiger partial charge in [0.1, 0.15) is 0 Å². The molecule has 1 aliphatic heterocycles. The molecule has 0 fully saturated rings. The first-order valence-electron chi connectivity index (χ1n) is 7.37. The van der Waals surface area contributed by atoms with Crippen molar-refractivity contribution in [3.8, 4) is 17.3 Å². The average molecular weight is 356 g/mol. The molecule has 132 valence electrons. The lowest BCUT2D eigenvalue weighted by atomic mass is 10.2. The monoisotopic (exact) mass is 356 g/mol. The number of fused-ring (bicyclic) bond motifs is 1. The molecule has 2 aromatic heterocycles. The summed E-state index contributed by atoms with van der Waals surface area (Å²) in [4.78, 5) is 12.4. The highest BCUT2D eigenvalue weighted by Gasteiger charge is 2.22. The number of hydrazone groups is 1. The fourth-order valence-corrected chi connectivity index (χ4v) is 2.32. The summed E-state index contributed by atoms with van der Waals surface area (Å²) in [6.07, 6.45) is 1.47. The second-order valence-corrected chi connectivity index (χ2v) is 5.22. The van der Waals surface area contributed by atoms with Crippen LogP contribution in [0.3, 0.4) is 0 Å². The number of aromatic nitrogens is 5. The van der Waals surface area contributed by atoms with Crippen LogP contribution in [0.15, 0.2) is 27.9 Å². The molecular weight excluding hydrogens is 344 g/mol. The third-order valence-corrected chi connectivity index (χ3v) is 3.53. The molecule has 0 unspecified atom stereocenters. The molecule has 1 aromatic carbocycles. The number of carbonyl (C=O) groups excluding carboxylic acids is 1. The van der Waals surface area contributed by atoms with Crippen LogP contribution in [0.4, 0.5) is 5.82 Å². The SMILES string of the molecule is Cc1nnn(-c2nonc2N)c1C(=O)N/N=C/c1ccc2c(c1)OCO2. The van der Waals surface area contributed by atoms with Gasteiger partial charge in [-0.1, -0.05) is 5.21 Å². The van der Waals surface area contributed by atoms with Crippen molar-refractivity contribution < 1.29 is 18.9 Å². The molecule has 12 heteroatoms. The van der Waals surface area contributed by atoms with Crippen LogP contribution in [0.1, 0.15) is 21.7 Å². The summed E-state index contributed by atoms with van der Waals surface area (Å²) in [5.74, 6) is 0.776. The molecule has 0 bridgehead atoms. The molecule has 0 atom stereocenters. The quantitative estimate of drug-likeness (QED) is 0.486. The number of aryl methyl sites for hydroxylation is 1. The Kier molecular flexibility index (Phi) is 3.69. The van der Waals surface area contributed by atoms with Crippen LogP contribution in [0.5, 0.6) is 11.5 Å². The summed E-state index contributed by atoms with van der Waals surface area (Å²) in [6.45, 7) is 1.80. The maximum absolute atomic E-state index is 12.4. The van der Waals surface area contributed by atoms with Crippen LogP contribution in [0, 0.1) is 6.92 Å². The summed E-state index contributed by atoms with van der Waals surface area (Å²) in [7, 11) is 0. The molecule has 0 radical (unpaired) electrons. The number of amides is 1. The Morgan fingerprint density at radius 3 is 3.00 bits per heavy atom. The molecule has 0 aliphatic carbocycles. The minimum absolute atomic E-state index is 0.0205. The van der Waals surface area contributed by atoms with Gasteiger partial charge in [-0.25, -0.2) is 10.1 Å². The number of carbonyl (C=O) groups is 1. The Balaban J connectivity index is 1.52. The Labute approximate surface area is 145 Å². The second kappa shape index (κ2) is 6.16. The predicted octanol–water partition coefficient (Wildman–Crippen LogP) is 0.0335. The van der Waals surface area contributed by atoms with Crippen molar-refractivity contribution in [1.29, 1.82) is 0 Å². The van der Waals surface area contributed by atoms with Crippen LogP contribution >= 0.6 is 0 Å². The molecule has 1 aliphatic rings. The number of nitrogens with one attached hydrogen (secondary N) is 1. The molecule has 3 N–H and O–H groups in total. The van der Waals surface area contributed by atoms with Gasteiger partial charge in [0.25, 0.3) is 5.91 Å². The van der Waals surface area contributed by atoms with E-state index in [0.29, 0.717) is 17.2 Å². The van der Waals surface area contributed by atoms with E-state index in [1.807, 2.05) is 0 Å². The van der Waals surface area contributed by atoms with E-state index < -0.39 is 5.91 Å². The third-order valence-electron chi connectivity index (χ3n) is 3.53. The minimum atomic E-state index is -0.549. The largest absolute Gasteiger partial charge is 0.454 e. The lowest BCUT2D eigenvalue weighted by Gasteiger charge is -2.02. The Bertz CT molecular complexity index is 1010. The number of benzene rings is 1. The van der Waals surface area contributed by atoms with Crippen LogP contribution in [-0.2, 0) is 0 Å². The lowest BCUT2D eigenvalue weighted by molar-refractivity contribution is 0.0946. The molecule has 3 heterocycles. The highest BCUT2D eigenvalue weighted by molar-refractivity contribution is 5.94. The van der Waals surface area contributed by atoms with Crippen LogP contribution in [-0.4, -0.2) is 44.2 Å². The van der Waals surface area contributed by atoms with Crippen molar-refractivity contribution in [2.45, 2.75) is 6.92 Å². The summed E-state index contributed by atoms with van der Waals surface area (Å²) in [5.41, 5.74) is 9.23. The molecule has 0 spiro atoms. The van der Waals surface area contributed by atoms with Crippen molar-refractivity contribution in [2.24, 2.45) is 5.10 Å². The van der Waals surface area contributed by atoms with Gasteiger partial charge >= 0.3 is 0 Å². The highest BCUT2D eigenvalue weighted by Crippen LogP contribution is 2.31. The van der Waals surface area contributed by atoms with Crippen molar-refractivity contribution >= 4 is 17.9 Å². The smallest absolute Gasteiger partial charge is 0.292 e. The number of rotatable bonds is 4. The number of nitrogens with zero attached hydrogens (tertiary/aromatic N) is 6. The molecule has 0 saturated carbocycles.